The summed E-state index contributed by atoms with van der Waals surface area (Å²) in [5.74, 6) is 7.38. The fourth-order valence-corrected chi connectivity index (χ4v) is 1.72. The maximum absolute atomic E-state index is 5.47. The second-order valence-electron chi connectivity index (χ2n) is 3.92. The van der Waals surface area contributed by atoms with Crippen molar-refractivity contribution in [2.75, 3.05) is 24.6 Å². The number of hydrogen-bond donors (Lipinski definition) is 0. The van der Waals surface area contributed by atoms with Gasteiger partial charge in [0.25, 0.3) is 0 Å². The van der Waals surface area contributed by atoms with Crippen LogP contribution in [0.3, 0.4) is 0 Å². The second-order valence-corrected chi connectivity index (χ2v) is 3.92. The summed E-state index contributed by atoms with van der Waals surface area (Å²) in [6.07, 6.45) is 7.78. The molecule has 1 aliphatic heterocycles. The summed E-state index contributed by atoms with van der Waals surface area (Å²) in [6.45, 7) is 4.28. The van der Waals surface area contributed by atoms with Crippen molar-refractivity contribution >= 4 is 5.82 Å². The number of rotatable bonds is 3. The normalized spacial score (nSPS) is 13.9. The molecule has 0 fully saturated rings. The number of nitrogens with zero attached hydrogens (tertiary/aromatic N) is 3. The predicted molar refractivity (Wildman–Crippen MR) is 71.6 cm³/mol. The largest absolute Gasteiger partial charge is 0.464 e. The molecule has 1 aliphatic rings. The minimum absolute atomic E-state index is 0.379. The van der Waals surface area contributed by atoms with E-state index in [4.69, 9.17) is 4.74 Å². The molecule has 1 aromatic rings. The highest BCUT2D eigenvalue weighted by atomic mass is 16.5. The molecule has 94 valence electrons. The summed E-state index contributed by atoms with van der Waals surface area (Å²) in [5, 5.41) is 0. The number of anilines is 1. The van der Waals surface area contributed by atoms with Crippen LogP contribution in [0, 0.1) is 11.8 Å². The van der Waals surface area contributed by atoms with Gasteiger partial charge in [-0.25, -0.2) is 9.97 Å². The van der Waals surface area contributed by atoms with E-state index in [1.165, 1.54) is 6.33 Å². The SMILES string of the molecule is CCC#CCOc1cc(N2CC=CCC2)ncn1. The standard InChI is InChI=1S/C14H17N3O/c1-2-3-7-10-18-14-11-13(15-12-16-14)17-8-5-4-6-9-17/h4-5,11-12H,2,6,8-10H2,1H3. The molecule has 0 radical (unpaired) electrons. The average molecular weight is 243 g/mol. The molecule has 1 aromatic heterocycles. The molecule has 4 heteroatoms. The Kier molecular flexibility index (Phi) is 4.60. The second kappa shape index (κ2) is 6.65. The Hall–Kier alpha value is -2.02. The fraction of sp³-hybridized carbons (Fsp3) is 0.429. The summed E-state index contributed by atoms with van der Waals surface area (Å²) in [7, 11) is 0. The van der Waals surface area contributed by atoms with E-state index in [2.05, 4.69) is 38.9 Å². The third kappa shape index (κ3) is 3.49. The van der Waals surface area contributed by atoms with Gasteiger partial charge < -0.3 is 9.64 Å². The van der Waals surface area contributed by atoms with Crippen LogP contribution in [-0.2, 0) is 0 Å². The van der Waals surface area contributed by atoms with Crippen LogP contribution < -0.4 is 9.64 Å². The van der Waals surface area contributed by atoms with Gasteiger partial charge in [0.2, 0.25) is 5.88 Å². The summed E-state index contributed by atoms with van der Waals surface area (Å²) in [4.78, 5) is 10.6. The molecule has 0 atom stereocenters. The molecule has 0 bridgehead atoms. The summed E-state index contributed by atoms with van der Waals surface area (Å²) in [5.41, 5.74) is 0. The molecule has 2 heterocycles. The zero-order chi connectivity index (χ0) is 12.6. The van der Waals surface area contributed by atoms with E-state index in [-0.39, 0.29) is 0 Å². The van der Waals surface area contributed by atoms with Gasteiger partial charge in [-0.15, -0.1) is 5.92 Å². The van der Waals surface area contributed by atoms with Crippen molar-refractivity contribution in [3.8, 4) is 17.7 Å². The summed E-state index contributed by atoms with van der Waals surface area (Å²) >= 11 is 0. The van der Waals surface area contributed by atoms with E-state index in [0.717, 1.165) is 31.7 Å². The average Bonchev–Trinajstić information content (AvgIpc) is 2.45. The third-order valence-electron chi connectivity index (χ3n) is 2.60. The highest BCUT2D eigenvalue weighted by Gasteiger charge is 2.09. The van der Waals surface area contributed by atoms with Crippen LogP contribution in [0.15, 0.2) is 24.5 Å². The maximum atomic E-state index is 5.47. The molecule has 0 amide bonds. The molecule has 0 N–H and O–H groups in total. The summed E-state index contributed by atoms with van der Waals surface area (Å²) < 4.78 is 5.47. The third-order valence-corrected chi connectivity index (χ3v) is 2.60. The Morgan fingerprint density at radius 1 is 1.33 bits per heavy atom. The first-order valence-corrected chi connectivity index (χ1v) is 6.20. The maximum Gasteiger partial charge on any atom is 0.219 e. The Balaban J connectivity index is 1.98. The van der Waals surface area contributed by atoms with Crippen molar-refractivity contribution in [2.24, 2.45) is 0 Å². The number of ether oxygens (including phenoxy) is 1. The minimum atomic E-state index is 0.379. The molecular formula is C14H17N3O. The monoisotopic (exact) mass is 243 g/mol. The van der Waals surface area contributed by atoms with Gasteiger partial charge in [0.05, 0.1) is 0 Å². The zero-order valence-electron chi connectivity index (χ0n) is 10.6. The van der Waals surface area contributed by atoms with E-state index in [1.807, 2.05) is 13.0 Å². The first-order valence-electron chi connectivity index (χ1n) is 6.20. The van der Waals surface area contributed by atoms with Crippen LogP contribution in [0.4, 0.5) is 5.82 Å². The van der Waals surface area contributed by atoms with Crippen LogP contribution in [-0.4, -0.2) is 29.7 Å². The molecule has 2 rings (SSSR count). The van der Waals surface area contributed by atoms with E-state index >= 15 is 0 Å². The van der Waals surface area contributed by atoms with Crippen LogP contribution in [0.2, 0.25) is 0 Å². The van der Waals surface area contributed by atoms with Gasteiger partial charge in [-0.3, -0.25) is 0 Å². The molecule has 0 aliphatic carbocycles. The summed E-state index contributed by atoms with van der Waals surface area (Å²) in [6, 6.07) is 1.87. The lowest BCUT2D eigenvalue weighted by Crippen LogP contribution is -2.27. The van der Waals surface area contributed by atoms with Crippen molar-refractivity contribution in [3.63, 3.8) is 0 Å². The lowest BCUT2D eigenvalue weighted by molar-refractivity contribution is 0.354. The van der Waals surface area contributed by atoms with E-state index < -0.39 is 0 Å². The Morgan fingerprint density at radius 2 is 2.28 bits per heavy atom. The van der Waals surface area contributed by atoms with Gasteiger partial charge in [-0.05, 0) is 6.42 Å². The first kappa shape index (κ1) is 12.4. The van der Waals surface area contributed by atoms with Crippen molar-refractivity contribution < 1.29 is 4.74 Å². The van der Waals surface area contributed by atoms with Gasteiger partial charge in [0.15, 0.2) is 6.61 Å². The predicted octanol–water partition coefficient (Wildman–Crippen LogP) is 2.04. The topological polar surface area (TPSA) is 38.2 Å². The van der Waals surface area contributed by atoms with Crippen LogP contribution in [0.25, 0.3) is 0 Å². The number of aromatic nitrogens is 2. The Labute approximate surface area is 108 Å². The molecule has 0 aromatic carbocycles. The van der Waals surface area contributed by atoms with Crippen LogP contribution in [0.1, 0.15) is 19.8 Å². The lowest BCUT2D eigenvalue weighted by atomic mass is 10.2. The molecule has 4 nitrogen and oxygen atoms in total. The van der Waals surface area contributed by atoms with Crippen molar-refractivity contribution in [3.05, 3.63) is 24.5 Å². The first-order chi connectivity index (χ1) is 8.90. The van der Waals surface area contributed by atoms with Gasteiger partial charge in [0.1, 0.15) is 12.1 Å². The quantitative estimate of drug-likeness (QED) is 0.601. The van der Waals surface area contributed by atoms with Gasteiger partial charge >= 0.3 is 0 Å². The fourth-order valence-electron chi connectivity index (χ4n) is 1.72. The van der Waals surface area contributed by atoms with Crippen molar-refractivity contribution in [1.29, 1.82) is 0 Å². The highest BCUT2D eigenvalue weighted by molar-refractivity contribution is 5.42. The van der Waals surface area contributed by atoms with Gasteiger partial charge in [-0.2, -0.15) is 0 Å². The Morgan fingerprint density at radius 3 is 3.06 bits per heavy atom. The molecular weight excluding hydrogens is 226 g/mol. The van der Waals surface area contributed by atoms with Gasteiger partial charge in [-0.1, -0.05) is 25.0 Å². The van der Waals surface area contributed by atoms with Crippen LogP contribution >= 0.6 is 0 Å². The van der Waals surface area contributed by atoms with Crippen LogP contribution in [0.5, 0.6) is 5.88 Å². The molecule has 0 saturated carbocycles. The molecule has 0 saturated heterocycles. The zero-order valence-corrected chi connectivity index (χ0v) is 10.6. The van der Waals surface area contributed by atoms with E-state index in [0.29, 0.717) is 12.5 Å². The van der Waals surface area contributed by atoms with E-state index in [1.54, 1.807) is 0 Å². The smallest absolute Gasteiger partial charge is 0.219 e. The van der Waals surface area contributed by atoms with E-state index in [9.17, 15) is 0 Å². The molecule has 0 spiro atoms. The van der Waals surface area contributed by atoms with Gasteiger partial charge in [0, 0.05) is 25.6 Å². The molecule has 18 heavy (non-hydrogen) atoms. The van der Waals surface area contributed by atoms with Crippen molar-refractivity contribution in [2.45, 2.75) is 19.8 Å². The lowest BCUT2D eigenvalue weighted by Gasteiger charge is -2.24. The number of hydrogen-bond acceptors (Lipinski definition) is 4. The minimum Gasteiger partial charge on any atom is -0.464 e. The molecule has 0 unspecified atom stereocenters. The highest BCUT2D eigenvalue weighted by Crippen LogP contribution is 2.17. The Bertz CT molecular complexity index is 473. The van der Waals surface area contributed by atoms with Crippen molar-refractivity contribution in [1.82, 2.24) is 9.97 Å².